The van der Waals surface area contributed by atoms with Crippen molar-refractivity contribution in [2.75, 3.05) is 38.2 Å². The Balaban J connectivity index is 1.40. The van der Waals surface area contributed by atoms with Crippen LogP contribution in [0.15, 0.2) is 41.4 Å². The van der Waals surface area contributed by atoms with E-state index in [1.807, 2.05) is 17.2 Å². The minimum Gasteiger partial charge on any atom is -0.378 e. The lowest BCUT2D eigenvalue weighted by Gasteiger charge is -2.29. The summed E-state index contributed by atoms with van der Waals surface area (Å²) in [6.45, 7) is 5.43. The summed E-state index contributed by atoms with van der Waals surface area (Å²) in [5.74, 6) is 1.16. The van der Waals surface area contributed by atoms with Gasteiger partial charge in [0.1, 0.15) is 5.82 Å². The summed E-state index contributed by atoms with van der Waals surface area (Å²) >= 11 is 1.60. The normalized spacial score (nSPS) is 21.3. The van der Waals surface area contributed by atoms with Gasteiger partial charge in [-0.1, -0.05) is 42.1 Å². The van der Waals surface area contributed by atoms with Crippen LogP contribution in [0.1, 0.15) is 23.6 Å². The second-order valence-electron chi connectivity index (χ2n) is 7.39. The SMILES string of the molecule is CC1=C(c2c[nH]c3c2C=C(c2ccccc2)CN3)NC(C(=O)N2CCOCC2)S1. The highest BCUT2D eigenvalue weighted by Crippen LogP contribution is 2.40. The van der Waals surface area contributed by atoms with E-state index in [9.17, 15) is 4.79 Å². The van der Waals surface area contributed by atoms with Gasteiger partial charge in [0.2, 0.25) is 0 Å². The van der Waals surface area contributed by atoms with E-state index in [0.717, 1.165) is 34.1 Å². The van der Waals surface area contributed by atoms with Crippen molar-refractivity contribution in [2.45, 2.75) is 12.3 Å². The average Bonchev–Trinajstić information content (AvgIpc) is 3.37. The maximum atomic E-state index is 12.9. The number of thioether (sulfide) groups is 1. The van der Waals surface area contributed by atoms with Gasteiger partial charge in [0.15, 0.2) is 5.37 Å². The summed E-state index contributed by atoms with van der Waals surface area (Å²) < 4.78 is 5.37. The zero-order valence-electron chi connectivity index (χ0n) is 16.3. The van der Waals surface area contributed by atoms with E-state index in [-0.39, 0.29) is 11.3 Å². The fourth-order valence-electron chi connectivity index (χ4n) is 4.01. The minimum absolute atomic E-state index is 0.135. The number of nitrogens with one attached hydrogen (secondary N) is 3. The molecular weight excluding hydrogens is 384 g/mol. The number of benzene rings is 1. The standard InChI is InChI=1S/C22H24N4O2S/c1-14-19(25-21(29-14)22(27)26-7-9-28-10-8-26)18-13-24-20-17(18)11-16(12-23-20)15-5-3-2-4-6-15/h2-6,11,13,21,23-25H,7-10,12H2,1H3. The van der Waals surface area contributed by atoms with Crippen molar-refractivity contribution in [1.29, 1.82) is 0 Å². The van der Waals surface area contributed by atoms with E-state index < -0.39 is 0 Å². The summed E-state index contributed by atoms with van der Waals surface area (Å²) in [5, 5.41) is 6.69. The molecule has 4 heterocycles. The lowest BCUT2D eigenvalue weighted by atomic mass is 9.98. The zero-order chi connectivity index (χ0) is 19.8. The molecule has 3 aliphatic rings. The molecule has 6 nitrogen and oxygen atoms in total. The molecule has 0 spiro atoms. The van der Waals surface area contributed by atoms with Crippen LogP contribution < -0.4 is 10.6 Å². The van der Waals surface area contributed by atoms with Crippen LogP contribution in [0.4, 0.5) is 5.82 Å². The third kappa shape index (κ3) is 3.45. The van der Waals surface area contributed by atoms with Crippen LogP contribution in [0.2, 0.25) is 0 Å². The smallest absolute Gasteiger partial charge is 0.256 e. The molecule has 2 aromatic rings. The minimum atomic E-state index is -0.275. The highest BCUT2D eigenvalue weighted by atomic mass is 32.2. The maximum Gasteiger partial charge on any atom is 0.256 e. The highest BCUT2D eigenvalue weighted by molar-refractivity contribution is 8.04. The topological polar surface area (TPSA) is 69.4 Å². The van der Waals surface area contributed by atoms with Gasteiger partial charge in [-0.3, -0.25) is 4.79 Å². The Kier molecular flexibility index (Phi) is 4.85. The summed E-state index contributed by atoms with van der Waals surface area (Å²) in [4.78, 5) is 19.3. The molecule has 150 valence electrons. The molecule has 7 heteroatoms. The Labute approximate surface area is 174 Å². The Morgan fingerprint density at radius 1 is 1.21 bits per heavy atom. The molecule has 0 bridgehead atoms. The maximum absolute atomic E-state index is 12.9. The van der Waals surface area contributed by atoms with Crippen LogP contribution in [-0.4, -0.2) is 54.0 Å². The second-order valence-corrected chi connectivity index (χ2v) is 8.71. The molecule has 1 aromatic heterocycles. The number of fused-ring (bicyclic) bond motifs is 1. The van der Waals surface area contributed by atoms with Crippen molar-refractivity contribution in [3.8, 4) is 0 Å². The van der Waals surface area contributed by atoms with Gasteiger partial charge < -0.3 is 25.3 Å². The van der Waals surface area contributed by atoms with Gasteiger partial charge in [-0.05, 0) is 24.1 Å². The van der Waals surface area contributed by atoms with E-state index in [1.54, 1.807) is 11.8 Å². The second kappa shape index (κ2) is 7.65. The molecule has 1 fully saturated rings. The molecule has 1 amide bonds. The summed E-state index contributed by atoms with van der Waals surface area (Å²) in [5.41, 5.74) is 5.74. The number of morpholine rings is 1. The van der Waals surface area contributed by atoms with Crippen LogP contribution in [0, 0.1) is 0 Å². The number of hydrogen-bond donors (Lipinski definition) is 3. The van der Waals surface area contributed by atoms with E-state index in [0.29, 0.717) is 26.3 Å². The van der Waals surface area contributed by atoms with Gasteiger partial charge in [-0.15, -0.1) is 0 Å². The molecule has 1 atom stereocenters. The molecule has 1 aromatic carbocycles. The van der Waals surface area contributed by atoms with E-state index in [4.69, 9.17) is 4.74 Å². The Hall–Kier alpha value is -2.64. The lowest BCUT2D eigenvalue weighted by molar-refractivity contribution is -0.134. The number of amides is 1. The summed E-state index contributed by atoms with van der Waals surface area (Å²) in [6, 6.07) is 10.4. The number of carbonyl (C=O) groups excluding carboxylic acids is 1. The quantitative estimate of drug-likeness (QED) is 0.728. The molecule has 0 saturated carbocycles. The van der Waals surface area contributed by atoms with Crippen molar-refractivity contribution in [3.63, 3.8) is 0 Å². The van der Waals surface area contributed by atoms with Gasteiger partial charge in [-0.25, -0.2) is 0 Å². The highest BCUT2D eigenvalue weighted by Gasteiger charge is 2.33. The molecule has 0 aliphatic carbocycles. The number of carbonyl (C=O) groups is 1. The van der Waals surface area contributed by atoms with Gasteiger partial charge in [-0.2, -0.15) is 0 Å². The van der Waals surface area contributed by atoms with Crippen LogP contribution in [0.25, 0.3) is 17.3 Å². The third-order valence-electron chi connectivity index (χ3n) is 5.58. The molecule has 29 heavy (non-hydrogen) atoms. The molecule has 1 unspecified atom stereocenters. The van der Waals surface area contributed by atoms with Crippen LogP contribution in [0.5, 0.6) is 0 Å². The zero-order valence-corrected chi connectivity index (χ0v) is 17.1. The van der Waals surface area contributed by atoms with E-state index >= 15 is 0 Å². The number of aromatic amines is 1. The van der Waals surface area contributed by atoms with Gasteiger partial charge in [0.25, 0.3) is 5.91 Å². The van der Waals surface area contributed by atoms with Crippen molar-refractivity contribution in [2.24, 2.45) is 0 Å². The summed E-state index contributed by atoms with van der Waals surface area (Å²) in [6.07, 6.45) is 4.27. The monoisotopic (exact) mass is 408 g/mol. The fourth-order valence-corrected chi connectivity index (χ4v) is 5.08. The first-order valence-electron chi connectivity index (χ1n) is 9.93. The van der Waals surface area contributed by atoms with Crippen molar-refractivity contribution >= 4 is 40.8 Å². The molecule has 0 radical (unpaired) electrons. The van der Waals surface area contributed by atoms with Crippen LogP contribution in [-0.2, 0) is 9.53 Å². The Bertz CT molecular complexity index is 989. The number of ether oxygens (including phenoxy) is 1. The lowest BCUT2D eigenvalue weighted by Crippen LogP contribution is -2.47. The predicted molar refractivity (Wildman–Crippen MR) is 118 cm³/mol. The van der Waals surface area contributed by atoms with Crippen molar-refractivity contribution in [3.05, 3.63) is 58.1 Å². The Morgan fingerprint density at radius 3 is 2.79 bits per heavy atom. The molecule has 1 saturated heterocycles. The number of anilines is 1. The van der Waals surface area contributed by atoms with E-state index in [1.165, 1.54) is 11.1 Å². The first kappa shape index (κ1) is 18.4. The predicted octanol–water partition coefficient (Wildman–Crippen LogP) is 3.19. The fraction of sp³-hybridized carbons (Fsp3) is 0.318. The molecule has 3 N–H and O–H groups in total. The number of H-pyrrole nitrogens is 1. The molecule has 5 rings (SSSR count). The molecule has 3 aliphatic heterocycles. The van der Waals surface area contributed by atoms with Crippen LogP contribution in [0.3, 0.4) is 0 Å². The number of nitrogens with zero attached hydrogens (tertiary/aromatic N) is 1. The van der Waals surface area contributed by atoms with Crippen molar-refractivity contribution in [1.82, 2.24) is 15.2 Å². The van der Waals surface area contributed by atoms with E-state index in [2.05, 4.69) is 52.9 Å². The average molecular weight is 409 g/mol. The van der Waals surface area contributed by atoms with Gasteiger partial charge in [0.05, 0.1) is 18.9 Å². The van der Waals surface area contributed by atoms with Crippen LogP contribution >= 0.6 is 11.8 Å². The van der Waals surface area contributed by atoms with Gasteiger partial charge >= 0.3 is 0 Å². The van der Waals surface area contributed by atoms with Gasteiger partial charge in [0, 0.05) is 41.9 Å². The number of allylic oxidation sites excluding steroid dienone is 1. The number of rotatable bonds is 3. The Morgan fingerprint density at radius 2 is 2.00 bits per heavy atom. The third-order valence-corrected chi connectivity index (χ3v) is 6.69. The first-order valence-corrected chi connectivity index (χ1v) is 10.8. The molecular formula is C22H24N4O2S. The summed E-state index contributed by atoms with van der Waals surface area (Å²) in [7, 11) is 0. The first-order chi connectivity index (χ1) is 14.2. The van der Waals surface area contributed by atoms with Crippen molar-refractivity contribution < 1.29 is 9.53 Å². The largest absolute Gasteiger partial charge is 0.378 e. The number of hydrogen-bond acceptors (Lipinski definition) is 5. The number of aromatic nitrogens is 1.